The van der Waals surface area contributed by atoms with Gasteiger partial charge in [-0.05, 0) is 35.4 Å². The molecule has 9 heteroatoms. The predicted octanol–water partition coefficient (Wildman–Crippen LogP) is 3.15. The summed E-state index contributed by atoms with van der Waals surface area (Å²) >= 11 is 5.95. The fourth-order valence-corrected chi connectivity index (χ4v) is 3.45. The summed E-state index contributed by atoms with van der Waals surface area (Å²) in [5, 5.41) is 11.7. The van der Waals surface area contributed by atoms with E-state index in [1.807, 2.05) is 36.4 Å². The molecule has 0 aliphatic carbocycles. The van der Waals surface area contributed by atoms with Gasteiger partial charge in [-0.25, -0.2) is 4.68 Å². The van der Waals surface area contributed by atoms with Crippen molar-refractivity contribution in [2.45, 2.75) is 25.8 Å². The Labute approximate surface area is 178 Å². The van der Waals surface area contributed by atoms with Gasteiger partial charge in [0, 0.05) is 11.6 Å². The quantitative estimate of drug-likeness (QED) is 0.649. The normalized spacial score (nSPS) is 15.4. The lowest BCUT2D eigenvalue weighted by atomic mass is 10.1. The van der Waals surface area contributed by atoms with Gasteiger partial charge in [-0.3, -0.25) is 4.79 Å². The van der Waals surface area contributed by atoms with Crippen LogP contribution in [0.25, 0.3) is 0 Å². The Morgan fingerprint density at radius 3 is 2.70 bits per heavy atom. The van der Waals surface area contributed by atoms with Crippen molar-refractivity contribution in [1.82, 2.24) is 20.3 Å². The minimum absolute atomic E-state index is 0.167. The summed E-state index contributed by atoms with van der Waals surface area (Å²) in [6, 6.07) is 13.0. The van der Waals surface area contributed by atoms with Gasteiger partial charge in [0.1, 0.15) is 6.10 Å². The molecule has 2 aromatic carbocycles. The highest BCUT2D eigenvalue weighted by atomic mass is 35.5. The lowest BCUT2D eigenvalue weighted by Gasteiger charge is -2.24. The van der Waals surface area contributed by atoms with Gasteiger partial charge < -0.3 is 19.5 Å². The molecule has 1 aromatic heterocycles. The van der Waals surface area contributed by atoms with Crippen molar-refractivity contribution >= 4 is 17.5 Å². The number of halogens is 1. The first-order valence-corrected chi connectivity index (χ1v) is 9.75. The van der Waals surface area contributed by atoms with E-state index >= 15 is 0 Å². The molecule has 0 bridgehead atoms. The highest BCUT2D eigenvalue weighted by Gasteiger charge is 2.27. The third-order valence-corrected chi connectivity index (χ3v) is 5.21. The fraction of sp³-hybridized carbons (Fsp3) is 0.286. The number of aromatic nitrogens is 3. The highest BCUT2D eigenvalue weighted by Crippen LogP contribution is 2.29. The van der Waals surface area contributed by atoms with E-state index in [-0.39, 0.29) is 24.3 Å². The van der Waals surface area contributed by atoms with Crippen LogP contribution in [0.3, 0.4) is 0 Å². The van der Waals surface area contributed by atoms with Crippen molar-refractivity contribution in [2.24, 2.45) is 0 Å². The average Bonchev–Trinajstić information content (AvgIpc) is 3.21. The van der Waals surface area contributed by atoms with Crippen molar-refractivity contribution in [3.63, 3.8) is 0 Å². The fourth-order valence-electron chi connectivity index (χ4n) is 3.32. The molecule has 1 N–H and O–H groups in total. The summed E-state index contributed by atoms with van der Waals surface area (Å²) in [6.45, 7) is 1.05. The molecular formula is C21H21ClN4O4. The van der Waals surface area contributed by atoms with Gasteiger partial charge in [-0.2, -0.15) is 0 Å². The molecule has 1 aliphatic rings. The van der Waals surface area contributed by atoms with Crippen LogP contribution in [-0.2, 0) is 24.4 Å². The molecule has 0 radical (unpaired) electrons. The van der Waals surface area contributed by atoms with E-state index in [9.17, 15) is 4.79 Å². The largest absolute Gasteiger partial charge is 0.493 e. The second kappa shape index (κ2) is 8.73. The number of benzene rings is 2. The summed E-state index contributed by atoms with van der Waals surface area (Å²) in [5.41, 5.74) is 2.80. The zero-order chi connectivity index (χ0) is 21.1. The molecule has 0 saturated carbocycles. The lowest BCUT2D eigenvalue weighted by Crippen LogP contribution is -2.27. The van der Waals surface area contributed by atoms with Crippen LogP contribution in [0.15, 0.2) is 42.5 Å². The second-order valence-corrected chi connectivity index (χ2v) is 7.23. The molecule has 4 rings (SSSR count). The van der Waals surface area contributed by atoms with Crippen molar-refractivity contribution in [1.29, 1.82) is 0 Å². The van der Waals surface area contributed by atoms with E-state index in [1.54, 1.807) is 25.0 Å². The summed E-state index contributed by atoms with van der Waals surface area (Å²) in [4.78, 5) is 12.7. The Morgan fingerprint density at radius 2 is 1.97 bits per heavy atom. The highest BCUT2D eigenvalue weighted by molar-refractivity contribution is 6.30. The smallest absolute Gasteiger partial charge is 0.274 e. The molecule has 30 heavy (non-hydrogen) atoms. The van der Waals surface area contributed by atoms with Gasteiger partial charge in [0.2, 0.25) is 0 Å². The zero-order valence-corrected chi connectivity index (χ0v) is 17.3. The Balaban J connectivity index is 1.42. The summed E-state index contributed by atoms with van der Waals surface area (Å²) in [5.74, 6) is 0.929. The number of amides is 1. The average molecular weight is 429 g/mol. The minimum Gasteiger partial charge on any atom is -0.493 e. The topological polar surface area (TPSA) is 87.5 Å². The Bertz CT molecular complexity index is 1050. The zero-order valence-electron chi connectivity index (χ0n) is 16.6. The van der Waals surface area contributed by atoms with Crippen LogP contribution in [0, 0.1) is 0 Å². The Kier molecular flexibility index (Phi) is 5.87. The first-order valence-electron chi connectivity index (χ1n) is 9.37. The first kappa shape index (κ1) is 20.2. The first-order chi connectivity index (χ1) is 14.6. The van der Waals surface area contributed by atoms with Crippen LogP contribution in [0.5, 0.6) is 11.5 Å². The Morgan fingerprint density at radius 1 is 1.20 bits per heavy atom. The standard InChI is InChI=1S/C21H21ClN4O4/c1-28-17-8-3-13(9-18(17)29-2)10-23-21(27)20-16-12-30-19(11-26(16)25-24-20)14-4-6-15(22)7-5-14/h3-9,19H,10-12H2,1-2H3,(H,23,27). The van der Waals surface area contributed by atoms with E-state index in [0.717, 1.165) is 11.1 Å². The van der Waals surface area contributed by atoms with E-state index < -0.39 is 0 Å². The monoisotopic (exact) mass is 428 g/mol. The van der Waals surface area contributed by atoms with Crippen LogP contribution >= 0.6 is 11.6 Å². The number of fused-ring (bicyclic) bond motifs is 1. The van der Waals surface area contributed by atoms with Gasteiger partial charge >= 0.3 is 0 Å². The lowest BCUT2D eigenvalue weighted by molar-refractivity contribution is -0.00177. The molecule has 0 spiro atoms. The number of nitrogens with one attached hydrogen (secondary N) is 1. The second-order valence-electron chi connectivity index (χ2n) is 6.79. The van der Waals surface area contributed by atoms with Gasteiger partial charge in [-0.15, -0.1) is 5.10 Å². The molecule has 0 fully saturated rings. The molecule has 1 atom stereocenters. The molecule has 3 aromatic rings. The molecule has 1 amide bonds. The summed E-state index contributed by atoms with van der Waals surface area (Å²) in [6.07, 6.45) is -0.167. The van der Waals surface area contributed by atoms with Crippen molar-refractivity contribution < 1.29 is 19.0 Å². The van der Waals surface area contributed by atoms with Crippen LogP contribution in [0.2, 0.25) is 5.02 Å². The van der Waals surface area contributed by atoms with Gasteiger partial charge in [0.15, 0.2) is 17.2 Å². The van der Waals surface area contributed by atoms with Crippen molar-refractivity contribution in [3.8, 4) is 11.5 Å². The third kappa shape index (κ3) is 4.10. The van der Waals surface area contributed by atoms with Gasteiger partial charge in [0.25, 0.3) is 5.91 Å². The molecule has 0 saturated heterocycles. The molecule has 1 aliphatic heterocycles. The number of carbonyl (C=O) groups excluding carboxylic acids is 1. The van der Waals surface area contributed by atoms with Crippen LogP contribution in [-0.4, -0.2) is 35.1 Å². The Hall–Kier alpha value is -3.10. The number of hydrogen-bond acceptors (Lipinski definition) is 6. The molecule has 156 valence electrons. The van der Waals surface area contributed by atoms with Crippen LogP contribution in [0.1, 0.15) is 33.4 Å². The van der Waals surface area contributed by atoms with Crippen LogP contribution < -0.4 is 14.8 Å². The molecule has 2 heterocycles. The number of ether oxygens (including phenoxy) is 3. The van der Waals surface area contributed by atoms with E-state index in [1.165, 1.54) is 0 Å². The SMILES string of the molecule is COc1ccc(CNC(=O)c2nnn3c2COC(c2ccc(Cl)cc2)C3)cc1OC. The number of carbonyl (C=O) groups is 1. The summed E-state index contributed by atoms with van der Waals surface area (Å²) < 4.78 is 18.2. The van der Waals surface area contributed by atoms with Gasteiger partial charge in [-0.1, -0.05) is 35.0 Å². The number of rotatable bonds is 6. The van der Waals surface area contributed by atoms with Crippen molar-refractivity contribution in [2.75, 3.05) is 14.2 Å². The van der Waals surface area contributed by atoms with E-state index in [4.69, 9.17) is 25.8 Å². The maximum Gasteiger partial charge on any atom is 0.274 e. The number of hydrogen-bond donors (Lipinski definition) is 1. The van der Waals surface area contributed by atoms with Crippen molar-refractivity contribution in [3.05, 3.63) is 70.0 Å². The van der Waals surface area contributed by atoms with Gasteiger partial charge in [0.05, 0.1) is 33.1 Å². The number of methoxy groups -OCH3 is 2. The van der Waals surface area contributed by atoms with E-state index in [2.05, 4.69) is 15.6 Å². The predicted molar refractivity (Wildman–Crippen MR) is 110 cm³/mol. The maximum absolute atomic E-state index is 12.7. The maximum atomic E-state index is 12.7. The third-order valence-electron chi connectivity index (χ3n) is 4.96. The number of nitrogens with zero attached hydrogens (tertiary/aromatic N) is 3. The molecule has 1 unspecified atom stereocenters. The summed E-state index contributed by atoms with van der Waals surface area (Å²) in [7, 11) is 3.15. The van der Waals surface area contributed by atoms with E-state index in [0.29, 0.717) is 35.3 Å². The molecular weight excluding hydrogens is 408 g/mol. The minimum atomic E-state index is -0.306. The van der Waals surface area contributed by atoms with Crippen LogP contribution in [0.4, 0.5) is 0 Å². The molecule has 8 nitrogen and oxygen atoms in total.